The SMILES string of the molecule is Cn1ccnc1SCCC1CCCCN1. The maximum atomic E-state index is 4.30. The van der Waals surface area contributed by atoms with Crippen LogP contribution in [0.5, 0.6) is 0 Å². The van der Waals surface area contributed by atoms with E-state index in [2.05, 4.69) is 14.9 Å². The van der Waals surface area contributed by atoms with Crippen LogP contribution in [0.2, 0.25) is 0 Å². The van der Waals surface area contributed by atoms with Crippen LogP contribution in [0.1, 0.15) is 25.7 Å². The summed E-state index contributed by atoms with van der Waals surface area (Å²) in [4.78, 5) is 4.30. The first-order valence-corrected chi connectivity index (χ1v) is 6.68. The summed E-state index contributed by atoms with van der Waals surface area (Å²) in [5.74, 6) is 1.17. The minimum atomic E-state index is 0.742. The van der Waals surface area contributed by atoms with Crippen molar-refractivity contribution >= 4 is 11.8 Å². The normalized spacial score (nSPS) is 21.8. The number of rotatable bonds is 4. The third kappa shape index (κ3) is 3.24. The second-order valence-electron chi connectivity index (χ2n) is 4.10. The first kappa shape index (κ1) is 11.0. The highest BCUT2D eigenvalue weighted by atomic mass is 32.2. The van der Waals surface area contributed by atoms with Crippen molar-refractivity contribution in [2.75, 3.05) is 12.3 Å². The molecular formula is C11H19N3S. The van der Waals surface area contributed by atoms with E-state index in [1.807, 2.05) is 31.2 Å². The molecule has 15 heavy (non-hydrogen) atoms. The average molecular weight is 225 g/mol. The summed E-state index contributed by atoms with van der Waals surface area (Å²) in [5, 5.41) is 4.70. The first-order valence-electron chi connectivity index (χ1n) is 5.70. The lowest BCUT2D eigenvalue weighted by Gasteiger charge is -2.22. The molecule has 0 aromatic carbocycles. The van der Waals surface area contributed by atoms with Gasteiger partial charge in [0.15, 0.2) is 5.16 Å². The molecule has 1 aromatic heterocycles. The Kier molecular flexibility index (Phi) is 4.09. The summed E-state index contributed by atoms with van der Waals surface area (Å²) in [5.41, 5.74) is 0. The molecule has 1 aliphatic rings. The second-order valence-corrected chi connectivity index (χ2v) is 5.17. The van der Waals surface area contributed by atoms with Gasteiger partial charge in [0.05, 0.1) is 0 Å². The minimum Gasteiger partial charge on any atom is -0.329 e. The highest BCUT2D eigenvalue weighted by Gasteiger charge is 2.12. The number of piperidine rings is 1. The van der Waals surface area contributed by atoms with Gasteiger partial charge in [-0.15, -0.1) is 0 Å². The fourth-order valence-electron chi connectivity index (χ4n) is 1.95. The number of hydrogen-bond donors (Lipinski definition) is 1. The molecule has 0 saturated carbocycles. The van der Waals surface area contributed by atoms with Crippen LogP contribution in [0.3, 0.4) is 0 Å². The number of aryl methyl sites for hydroxylation is 1. The van der Waals surface area contributed by atoms with Crippen LogP contribution in [0, 0.1) is 0 Å². The number of nitrogens with zero attached hydrogens (tertiary/aromatic N) is 2. The molecule has 1 unspecified atom stereocenters. The van der Waals surface area contributed by atoms with E-state index >= 15 is 0 Å². The Morgan fingerprint density at radius 3 is 3.20 bits per heavy atom. The van der Waals surface area contributed by atoms with E-state index in [-0.39, 0.29) is 0 Å². The topological polar surface area (TPSA) is 29.9 Å². The van der Waals surface area contributed by atoms with Crippen molar-refractivity contribution in [1.29, 1.82) is 0 Å². The predicted octanol–water partition coefficient (Wildman–Crippen LogP) is 2.04. The summed E-state index contributed by atoms with van der Waals surface area (Å²) in [6.45, 7) is 1.21. The Balaban J connectivity index is 1.68. The van der Waals surface area contributed by atoms with Crippen LogP contribution in [-0.2, 0) is 7.05 Å². The van der Waals surface area contributed by atoms with E-state index in [4.69, 9.17) is 0 Å². The van der Waals surface area contributed by atoms with Crippen molar-refractivity contribution in [1.82, 2.24) is 14.9 Å². The molecule has 0 amide bonds. The number of thioether (sulfide) groups is 1. The maximum absolute atomic E-state index is 4.30. The molecule has 1 fully saturated rings. The summed E-state index contributed by atoms with van der Waals surface area (Å²) in [6.07, 6.45) is 9.22. The second kappa shape index (κ2) is 5.56. The minimum absolute atomic E-state index is 0.742. The molecule has 0 aliphatic carbocycles. The number of hydrogen-bond acceptors (Lipinski definition) is 3. The Morgan fingerprint density at radius 1 is 1.60 bits per heavy atom. The van der Waals surface area contributed by atoms with Crippen molar-refractivity contribution in [2.45, 2.75) is 36.9 Å². The van der Waals surface area contributed by atoms with Gasteiger partial charge in [-0.2, -0.15) is 0 Å². The van der Waals surface area contributed by atoms with Crippen LogP contribution in [-0.4, -0.2) is 27.9 Å². The van der Waals surface area contributed by atoms with Crippen molar-refractivity contribution in [2.24, 2.45) is 7.05 Å². The van der Waals surface area contributed by atoms with Crippen LogP contribution in [0.4, 0.5) is 0 Å². The summed E-state index contributed by atoms with van der Waals surface area (Å²) >= 11 is 1.86. The summed E-state index contributed by atoms with van der Waals surface area (Å²) < 4.78 is 2.08. The molecule has 0 spiro atoms. The van der Waals surface area contributed by atoms with Gasteiger partial charge in [0.1, 0.15) is 0 Å². The van der Waals surface area contributed by atoms with Crippen LogP contribution >= 0.6 is 11.8 Å². The standard InChI is InChI=1S/C11H19N3S/c1-14-8-7-13-11(14)15-9-5-10-4-2-3-6-12-10/h7-8,10,12H,2-6,9H2,1H3. The van der Waals surface area contributed by atoms with E-state index in [0.717, 1.165) is 11.2 Å². The fraction of sp³-hybridized carbons (Fsp3) is 0.727. The molecule has 4 heteroatoms. The van der Waals surface area contributed by atoms with Crippen LogP contribution in [0.15, 0.2) is 17.6 Å². The van der Waals surface area contributed by atoms with Crippen LogP contribution < -0.4 is 5.32 Å². The molecule has 2 rings (SSSR count). The Labute approximate surface area is 95.7 Å². The van der Waals surface area contributed by atoms with Crippen molar-refractivity contribution < 1.29 is 0 Å². The monoisotopic (exact) mass is 225 g/mol. The maximum Gasteiger partial charge on any atom is 0.167 e. The van der Waals surface area contributed by atoms with Gasteiger partial charge < -0.3 is 9.88 Å². The van der Waals surface area contributed by atoms with Gasteiger partial charge >= 0.3 is 0 Å². The summed E-state index contributed by atoms with van der Waals surface area (Å²) in [7, 11) is 2.05. The molecule has 3 nitrogen and oxygen atoms in total. The molecule has 2 heterocycles. The van der Waals surface area contributed by atoms with Gasteiger partial charge in [-0.3, -0.25) is 0 Å². The molecule has 0 radical (unpaired) electrons. The van der Waals surface area contributed by atoms with Crippen molar-refractivity contribution in [3.05, 3.63) is 12.4 Å². The van der Waals surface area contributed by atoms with Crippen molar-refractivity contribution in [3.8, 4) is 0 Å². The molecule has 1 atom stereocenters. The number of aromatic nitrogens is 2. The Morgan fingerprint density at radius 2 is 2.53 bits per heavy atom. The van der Waals surface area contributed by atoms with E-state index in [1.165, 1.54) is 38.0 Å². The molecule has 1 saturated heterocycles. The predicted molar refractivity (Wildman–Crippen MR) is 64.2 cm³/mol. The van der Waals surface area contributed by atoms with E-state index in [0.29, 0.717) is 0 Å². The van der Waals surface area contributed by atoms with Gasteiger partial charge in [-0.1, -0.05) is 18.2 Å². The zero-order valence-electron chi connectivity index (χ0n) is 9.28. The van der Waals surface area contributed by atoms with E-state index in [1.54, 1.807) is 0 Å². The van der Waals surface area contributed by atoms with Crippen LogP contribution in [0.25, 0.3) is 0 Å². The van der Waals surface area contributed by atoms with E-state index < -0.39 is 0 Å². The van der Waals surface area contributed by atoms with Gasteiger partial charge in [-0.05, 0) is 25.8 Å². The third-order valence-corrected chi connectivity index (χ3v) is 3.98. The highest BCUT2D eigenvalue weighted by molar-refractivity contribution is 7.99. The Bertz CT molecular complexity index is 292. The molecule has 1 aliphatic heterocycles. The third-order valence-electron chi connectivity index (χ3n) is 2.89. The molecular weight excluding hydrogens is 206 g/mol. The lowest BCUT2D eigenvalue weighted by Crippen LogP contribution is -2.34. The highest BCUT2D eigenvalue weighted by Crippen LogP contribution is 2.18. The number of imidazole rings is 1. The average Bonchev–Trinajstić information content (AvgIpc) is 2.66. The first-order chi connectivity index (χ1) is 7.36. The zero-order valence-corrected chi connectivity index (χ0v) is 10.1. The lowest BCUT2D eigenvalue weighted by molar-refractivity contribution is 0.394. The quantitative estimate of drug-likeness (QED) is 0.795. The zero-order chi connectivity index (χ0) is 10.5. The molecule has 0 bridgehead atoms. The fourth-order valence-corrected chi connectivity index (χ4v) is 2.94. The largest absolute Gasteiger partial charge is 0.329 e. The van der Waals surface area contributed by atoms with Crippen molar-refractivity contribution in [3.63, 3.8) is 0 Å². The van der Waals surface area contributed by atoms with Gasteiger partial charge in [0.2, 0.25) is 0 Å². The summed E-state index contributed by atoms with van der Waals surface area (Å²) in [6, 6.07) is 0.742. The molecule has 1 aromatic rings. The van der Waals surface area contributed by atoms with Gasteiger partial charge in [0.25, 0.3) is 0 Å². The van der Waals surface area contributed by atoms with Gasteiger partial charge in [0, 0.05) is 31.2 Å². The smallest absolute Gasteiger partial charge is 0.167 e. The number of nitrogens with one attached hydrogen (secondary N) is 1. The lowest BCUT2D eigenvalue weighted by atomic mass is 10.0. The molecule has 84 valence electrons. The van der Waals surface area contributed by atoms with Gasteiger partial charge in [-0.25, -0.2) is 4.98 Å². The van der Waals surface area contributed by atoms with E-state index in [9.17, 15) is 0 Å². The Hall–Kier alpha value is -0.480. The molecule has 1 N–H and O–H groups in total.